The molecule has 2 aliphatic rings. The first kappa shape index (κ1) is 26.2. The van der Waals surface area contributed by atoms with Crippen molar-refractivity contribution in [1.29, 1.82) is 0 Å². The quantitative estimate of drug-likeness (QED) is 0.545. The van der Waals surface area contributed by atoms with Crippen molar-refractivity contribution < 1.29 is 9.59 Å². The molecular formula is C30H44N2O2. The molecule has 1 aromatic rings. The van der Waals surface area contributed by atoms with E-state index in [4.69, 9.17) is 0 Å². The Morgan fingerprint density at radius 2 is 1.41 bits per heavy atom. The maximum absolute atomic E-state index is 12.6. The van der Waals surface area contributed by atoms with E-state index in [-0.39, 0.29) is 23.3 Å². The van der Waals surface area contributed by atoms with E-state index >= 15 is 0 Å². The van der Waals surface area contributed by atoms with E-state index in [0.717, 1.165) is 6.42 Å². The maximum atomic E-state index is 12.6. The molecule has 6 unspecified atom stereocenters. The molecule has 0 bridgehead atoms. The van der Waals surface area contributed by atoms with E-state index in [1.165, 1.54) is 11.1 Å². The monoisotopic (exact) mass is 464 g/mol. The number of fused-ring (bicyclic) bond motifs is 2. The van der Waals surface area contributed by atoms with Crippen LogP contribution in [0.3, 0.4) is 0 Å². The normalized spacial score (nSPS) is 25.6. The predicted octanol–water partition coefficient (Wildman–Crippen LogP) is 5.97. The smallest absolute Gasteiger partial charge is 0.225 e. The lowest BCUT2D eigenvalue weighted by Crippen LogP contribution is -2.44. The summed E-state index contributed by atoms with van der Waals surface area (Å²) in [5, 5.41) is 6.44. The van der Waals surface area contributed by atoms with Crippen molar-refractivity contribution in [2.75, 3.05) is 6.54 Å². The number of nitrogens with one attached hydrogen (secondary N) is 2. The lowest BCUT2D eigenvalue weighted by molar-refractivity contribution is -0.129. The highest BCUT2D eigenvalue weighted by Gasteiger charge is 2.43. The van der Waals surface area contributed by atoms with Crippen LogP contribution in [0.4, 0.5) is 0 Å². The van der Waals surface area contributed by atoms with Crippen LogP contribution in [0.5, 0.6) is 0 Å². The van der Waals surface area contributed by atoms with Crippen molar-refractivity contribution in [3.63, 3.8) is 0 Å². The second kappa shape index (κ2) is 10.1. The van der Waals surface area contributed by atoms with Crippen molar-refractivity contribution in [3.8, 4) is 0 Å². The zero-order valence-electron chi connectivity index (χ0n) is 22.3. The first-order valence-corrected chi connectivity index (χ1v) is 12.8. The number of benzene rings is 1. The molecule has 0 saturated carbocycles. The molecule has 186 valence electrons. The summed E-state index contributed by atoms with van der Waals surface area (Å²) in [6.45, 7) is 16.8. The number of hydrogen-bond acceptors (Lipinski definition) is 2. The molecule has 0 heterocycles. The van der Waals surface area contributed by atoms with Gasteiger partial charge in [-0.2, -0.15) is 0 Å². The van der Waals surface area contributed by atoms with Gasteiger partial charge in [0.25, 0.3) is 0 Å². The van der Waals surface area contributed by atoms with Crippen molar-refractivity contribution in [3.05, 3.63) is 59.7 Å². The molecule has 2 aliphatic carbocycles. The van der Waals surface area contributed by atoms with Crippen molar-refractivity contribution in [1.82, 2.24) is 10.6 Å². The molecule has 0 aromatic heterocycles. The van der Waals surface area contributed by atoms with Crippen LogP contribution in [0.15, 0.2) is 48.6 Å². The first-order valence-electron chi connectivity index (χ1n) is 12.8. The molecule has 1 aromatic carbocycles. The predicted molar refractivity (Wildman–Crippen MR) is 140 cm³/mol. The highest BCUT2D eigenvalue weighted by Crippen LogP contribution is 2.52. The van der Waals surface area contributed by atoms with E-state index in [0.29, 0.717) is 36.1 Å². The average Bonchev–Trinajstić information content (AvgIpc) is 2.75. The molecule has 3 rings (SSSR count). The molecule has 4 nitrogen and oxygen atoms in total. The largest absolute Gasteiger partial charge is 0.355 e. The Hall–Kier alpha value is -2.36. The van der Waals surface area contributed by atoms with Crippen molar-refractivity contribution in [2.24, 2.45) is 28.6 Å². The number of allylic oxidation sites excluding steroid dienone is 4. The second-order valence-corrected chi connectivity index (χ2v) is 12.5. The molecule has 0 fully saturated rings. The Morgan fingerprint density at radius 1 is 0.853 bits per heavy atom. The van der Waals surface area contributed by atoms with Crippen LogP contribution in [0.25, 0.3) is 0 Å². The molecule has 0 radical (unpaired) electrons. The van der Waals surface area contributed by atoms with Crippen LogP contribution in [-0.4, -0.2) is 24.4 Å². The van der Waals surface area contributed by atoms with Gasteiger partial charge in [-0.15, -0.1) is 0 Å². The minimum atomic E-state index is -0.396. The Kier molecular flexibility index (Phi) is 7.79. The van der Waals surface area contributed by atoms with Gasteiger partial charge in [0.05, 0.1) is 0 Å². The Labute approximate surface area is 206 Å². The van der Waals surface area contributed by atoms with Crippen LogP contribution in [0, 0.1) is 28.6 Å². The number of hydrogen-bond donors (Lipinski definition) is 2. The van der Waals surface area contributed by atoms with Crippen LogP contribution < -0.4 is 10.6 Å². The van der Waals surface area contributed by atoms with Crippen molar-refractivity contribution in [2.45, 2.75) is 79.7 Å². The van der Waals surface area contributed by atoms with Gasteiger partial charge in [0.1, 0.15) is 0 Å². The zero-order valence-corrected chi connectivity index (χ0v) is 22.3. The van der Waals surface area contributed by atoms with Crippen LogP contribution in [0.2, 0.25) is 0 Å². The lowest BCUT2D eigenvalue weighted by Gasteiger charge is -2.46. The van der Waals surface area contributed by atoms with Gasteiger partial charge in [-0.1, -0.05) is 97.0 Å². The summed E-state index contributed by atoms with van der Waals surface area (Å²) in [7, 11) is 0. The van der Waals surface area contributed by atoms with E-state index in [2.05, 4.69) is 73.1 Å². The third kappa shape index (κ3) is 5.82. The highest BCUT2D eigenvalue weighted by atomic mass is 16.2. The summed E-state index contributed by atoms with van der Waals surface area (Å²) >= 11 is 0. The highest BCUT2D eigenvalue weighted by molar-refractivity contribution is 5.81. The van der Waals surface area contributed by atoms with E-state index < -0.39 is 5.41 Å². The zero-order chi connectivity index (χ0) is 25.3. The Bertz CT molecular complexity index is 947. The number of carbonyl (C=O) groups is 2. The van der Waals surface area contributed by atoms with Crippen LogP contribution in [-0.2, 0) is 9.59 Å². The second-order valence-electron chi connectivity index (χ2n) is 12.5. The number of rotatable bonds is 6. The SMILES string of the molecule is CC(CC1c2ccccc2C(C(C)CNC(=O)C(C)(C)C)C2C=CC=CC12)NC(=O)C(C)(C)C. The van der Waals surface area contributed by atoms with Gasteiger partial charge in [0, 0.05) is 23.4 Å². The molecule has 2 N–H and O–H groups in total. The molecule has 34 heavy (non-hydrogen) atoms. The van der Waals surface area contributed by atoms with Gasteiger partial charge < -0.3 is 10.6 Å². The number of carbonyl (C=O) groups excluding carboxylic acids is 2. The minimum absolute atomic E-state index is 0.0878. The molecular weight excluding hydrogens is 420 g/mol. The summed E-state index contributed by atoms with van der Waals surface area (Å²) < 4.78 is 0. The summed E-state index contributed by atoms with van der Waals surface area (Å²) in [5.41, 5.74) is 1.99. The van der Waals surface area contributed by atoms with Crippen LogP contribution >= 0.6 is 0 Å². The third-order valence-electron chi connectivity index (χ3n) is 7.40. The number of amides is 2. The average molecular weight is 465 g/mol. The van der Waals surface area contributed by atoms with Gasteiger partial charge in [-0.05, 0) is 54.1 Å². The first-order chi connectivity index (χ1) is 15.8. The van der Waals surface area contributed by atoms with Gasteiger partial charge in [-0.25, -0.2) is 0 Å². The van der Waals surface area contributed by atoms with E-state index in [1.807, 2.05) is 41.5 Å². The standard InChI is InChI=1S/C30H44N2O2/c1-19(18-31-27(33)29(3,4)5)26-23-15-11-9-13-21(23)25(22-14-10-12-16-24(22)26)17-20(2)32-28(34)30(6,7)8/h9-16,19-21,23,25-26H,17-18H2,1-8H3,(H,31,33)(H,32,34). The molecule has 0 spiro atoms. The van der Waals surface area contributed by atoms with Gasteiger partial charge in [0.2, 0.25) is 11.8 Å². The third-order valence-corrected chi connectivity index (χ3v) is 7.40. The van der Waals surface area contributed by atoms with Gasteiger partial charge in [-0.3, -0.25) is 9.59 Å². The summed E-state index contributed by atoms with van der Waals surface area (Å²) in [6, 6.07) is 8.90. The lowest BCUT2D eigenvalue weighted by atomic mass is 9.58. The summed E-state index contributed by atoms with van der Waals surface area (Å²) in [4.78, 5) is 25.2. The molecule has 6 atom stereocenters. The summed E-state index contributed by atoms with van der Waals surface area (Å²) in [5.74, 6) is 1.91. The fourth-order valence-electron chi connectivity index (χ4n) is 5.47. The van der Waals surface area contributed by atoms with E-state index in [9.17, 15) is 9.59 Å². The minimum Gasteiger partial charge on any atom is -0.355 e. The Balaban J connectivity index is 1.88. The molecule has 0 saturated heterocycles. The van der Waals surface area contributed by atoms with Crippen LogP contribution in [0.1, 0.15) is 84.8 Å². The molecule has 0 aliphatic heterocycles. The Morgan fingerprint density at radius 3 is 2.00 bits per heavy atom. The topological polar surface area (TPSA) is 58.2 Å². The maximum Gasteiger partial charge on any atom is 0.225 e. The van der Waals surface area contributed by atoms with Gasteiger partial charge >= 0.3 is 0 Å². The van der Waals surface area contributed by atoms with E-state index in [1.54, 1.807) is 0 Å². The van der Waals surface area contributed by atoms with Crippen molar-refractivity contribution >= 4 is 11.8 Å². The fourth-order valence-corrected chi connectivity index (χ4v) is 5.47. The fraction of sp³-hybridized carbons (Fsp3) is 0.600. The van der Waals surface area contributed by atoms with Gasteiger partial charge in [0.15, 0.2) is 0 Å². The summed E-state index contributed by atoms with van der Waals surface area (Å²) in [6.07, 6.45) is 9.96. The molecule has 4 heteroatoms. The molecule has 2 amide bonds.